The molecule has 0 atom stereocenters. The van der Waals surface area contributed by atoms with Gasteiger partial charge in [0.25, 0.3) is 5.89 Å². The van der Waals surface area contributed by atoms with Crippen molar-refractivity contribution < 1.29 is 13.9 Å². The Hall–Kier alpha value is -1.76. The lowest BCUT2D eigenvalue weighted by atomic mass is 10.4. The van der Waals surface area contributed by atoms with Gasteiger partial charge in [0.2, 0.25) is 0 Å². The van der Waals surface area contributed by atoms with Crippen LogP contribution in [-0.4, -0.2) is 28.3 Å². The molecule has 84 valence electrons. The topological polar surface area (TPSA) is 78.1 Å². The first-order chi connectivity index (χ1) is 7.61. The molecule has 0 bridgehead atoms. The maximum Gasteiger partial charge on any atom is 0.396 e. The molecule has 0 spiro atoms. The average Bonchev–Trinajstić information content (AvgIpc) is 2.83. The number of aromatic nitrogens is 3. The van der Waals surface area contributed by atoms with Crippen molar-refractivity contribution >= 4 is 17.3 Å². The highest BCUT2D eigenvalue weighted by Crippen LogP contribution is 2.28. The third kappa shape index (κ3) is 1.81. The number of ether oxygens (including phenoxy) is 1. The summed E-state index contributed by atoms with van der Waals surface area (Å²) in [6.07, 6.45) is 0. The molecule has 0 N–H and O–H groups in total. The second-order valence-corrected chi connectivity index (χ2v) is 4.25. The van der Waals surface area contributed by atoms with Crippen molar-refractivity contribution in [3.8, 4) is 10.8 Å². The molecule has 2 aromatic rings. The zero-order chi connectivity index (χ0) is 11.7. The van der Waals surface area contributed by atoms with Crippen molar-refractivity contribution in [1.29, 1.82) is 0 Å². The van der Waals surface area contributed by atoms with Gasteiger partial charge in [0.15, 0.2) is 0 Å². The minimum absolute atomic E-state index is 0.150. The zero-order valence-corrected chi connectivity index (χ0v) is 9.79. The standard InChI is InChI=1S/C9H9N3O3S/c1-4-6(16-5(2)10-4)7-11-12-8(15-7)9(13)14-3/h1-3H3. The van der Waals surface area contributed by atoms with Crippen molar-refractivity contribution in [3.63, 3.8) is 0 Å². The maximum absolute atomic E-state index is 11.1. The van der Waals surface area contributed by atoms with E-state index in [1.807, 2.05) is 13.8 Å². The summed E-state index contributed by atoms with van der Waals surface area (Å²) in [5, 5.41) is 8.29. The van der Waals surface area contributed by atoms with E-state index in [1.165, 1.54) is 18.4 Å². The number of esters is 1. The summed E-state index contributed by atoms with van der Waals surface area (Å²) < 4.78 is 9.66. The second-order valence-electron chi connectivity index (χ2n) is 3.05. The fourth-order valence-corrected chi connectivity index (χ4v) is 2.06. The molecule has 2 heterocycles. The number of hydrogen-bond donors (Lipinski definition) is 0. The molecule has 6 nitrogen and oxygen atoms in total. The smallest absolute Gasteiger partial charge is 0.396 e. The lowest BCUT2D eigenvalue weighted by Gasteiger charge is -1.90. The predicted molar refractivity (Wildman–Crippen MR) is 56.2 cm³/mol. The summed E-state index contributed by atoms with van der Waals surface area (Å²) in [5.41, 5.74) is 0.808. The quantitative estimate of drug-likeness (QED) is 0.740. The van der Waals surface area contributed by atoms with Crippen molar-refractivity contribution in [2.75, 3.05) is 7.11 Å². The molecule has 0 aliphatic heterocycles. The van der Waals surface area contributed by atoms with E-state index in [0.717, 1.165) is 15.6 Å². The zero-order valence-electron chi connectivity index (χ0n) is 8.97. The molecule has 0 aliphatic rings. The van der Waals surface area contributed by atoms with Gasteiger partial charge in [0, 0.05) is 0 Å². The van der Waals surface area contributed by atoms with Gasteiger partial charge in [-0.3, -0.25) is 0 Å². The van der Waals surface area contributed by atoms with Crippen LogP contribution in [-0.2, 0) is 4.74 Å². The van der Waals surface area contributed by atoms with Gasteiger partial charge in [-0.15, -0.1) is 21.5 Å². The number of nitrogens with zero attached hydrogens (tertiary/aromatic N) is 3. The lowest BCUT2D eigenvalue weighted by molar-refractivity contribution is 0.0556. The number of rotatable bonds is 2. The first kappa shape index (κ1) is 10.7. The highest BCUT2D eigenvalue weighted by Gasteiger charge is 2.19. The number of carbonyl (C=O) groups is 1. The van der Waals surface area contributed by atoms with E-state index in [1.54, 1.807) is 0 Å². The van der Waals surface area contributed by atoms with Gasteiger partial charge in [-0.05, 0) is 13.8 Å². The Kier molecular flexibility index (Phi) is 2.69. The van der Waals surface area contributed by atoms with Gasteiger partial charge >= 0.3 is 11.9 Å². The van der Waals surface area contributed by atoms with Crippen molar-refractivity contribution in [3.05, 3.63) is 16.6 Å². The molecular formula is C9H9N3O3S. The normalized spacial score (nSPS) is 10.4. The number of thiazole rings is 1. The van der Waals surface area contributed by atoms with Crippen LogP contribution in [0.3, 0.4) is 0 Å². The number of carbonyl (C=O) groups excluding carboxylic acids is 1. The molecule has 2 rings (SSSR count). The van der Waals surface area contributed by atoms with Crippen LogP contribution in [0.4, 0.5) is 0 Å². The monoisotopic (exact) mass is 239 g/mol. The van der Waals surface area contributed by atoms with Crippen LogP contribution in [0.1, 0.15) is 21.4 Å². The third-order valence-corrected chi connectivity index (χ3v) is 2.94. The lowest BCUT2D eigenvalue weighted by Crippen LogP contribution is -2.00. The van der Waals surface area contributed by atoms with Gasteiger partial charge in [-0.25, -0.2) is 9.78 Å². The summed E-state index contributed by atoms with van der Waals surface area (Å²) in [7, 11) is 1.26. The fraction of sp³-hybridized carbons (Fsp3) is 0.333. The van der Waals surface area contributed by atoms with Gasteiger partial charge in [-0.1, -0.05) is 0 Å². The second kappa shape index (κ2) is 4.01. The van der Waals surface area contributed by atoms with Crippen LogP contribution in [0, 0.1) is 13.8 Å². The Morgan fingerprint density at radius 2 is 2.12 bits per heavy atom. The van der Waals surface area contributed by atoms with Crippen molar-refractivity contribution in [2.24, 2.45) is 0 Å². The van der Waals surface area contributed by atoms with Crippen LogP contribution in [0.5, 0.6) is 0 Å². The van der Waals surface area contributed by atoms with Gasteiger partial charge in [0.1, 0.15) is 4.88 Å². The molecular weight excluding hydrogens is 230 g/mol. The first-order valence-electron chi connectivity index (χ1n) is 4.48. The Balaban J connectivity index is 2.38. The van der Waals surface area contributed by atoms with Crippen LogP contribution >= 0.6 is 11.3 Å². The van der Waals surface area contributed by atoms with E-state index in [0.29, 0.717) is 5.89 Å². The minimum atomic E-state index is -0.641. The molecule has 0 fully saturated rings. The minimum Gasteiger partial charge on any atom is -0.462 e. The largest absolute Gasteiger partial charge is 0.462 e. The first-order valence-corrected chi connectivity index (χ1v) is 5.29. The molecule has 0 aliphatic carbocycles. The highest BCUT2D eigenvalue weighted by molar-refractivity contribution is 7.15. The summed E-state index contributed by atoms with van der Waals surface area (Å²) in [4.78, 5) is 16.1. The van der Waals surface area contributed by atoms with Crippen LogP contribution in [0.15, 0.2) is 4.42 Å². The Bertz CT molecular complexity index is 532. The summed E-state index contributed by atoms with van der Waals surface area (Å²) >= 11 is 1.44. The highest BCUT2D eigenvalue weighted by atomic mass is 32.1. The van der Waals surface area contributed by atoms with Gasteiger partial charge < -0.3 is 9.15 Å². The summed E-state index contributed by atoms with van der Waals surface area (Å²) in [6, 6.07) is 0. The van der Waals surface area contributed by atoms with E-state index in [2.05, 4.69) is 19.9 Å². The number of hydrogen-bond acceptors (Lipinski definition) is 7. The third-order valence-electron chi connectivity index (χ3n) is 1.88. The molecule has 0 saturated carbocycles. The van der Waals surface area contributed by atoms with E-state index in [4.69, 9.17) is 4.42 Å². The molecule has 2 aromatic heterocycles. The van der Waals surface area contributed by atoms with E-state index in [-0.39, 0.29) is 5.89 Å². The molecule has 0 amide bonds. The molecule has 0 aromatic carbocycles. The number of aryl methyl sites for hydroxylation is 2. The number of methoxy groups -OCH3 is 1. The van der Waals surface area contributed by atoms with Gasteiger partial charge in [0.05, 0.1) is 17.8 Å². The van der Waals surface area contributed by atoms with Gasteiger partial charge in [-0.2, -0.15) is 0 Å². The van der Waals surface area contributed by atoms with Crippen LogP contribution in [0.25, 0.3) is 10.8 Å². The maximum atomic E-state index is 11.1. The fourth-order valence-electron chi connectivity index (χ4n) is 1.21. The van der Waals surface area contributed by atoms with Crippen molar-refractivity contribution in [2.45, 2.75) is 13.8 Å². The van der Waals surface area contributed by atoms with E-state index in [9.17, 15) is 4.79 Å². The molecule has 0 unspecified atom stereocenters. The Labute approximate surface area is 95.3 Å². The van der Waals surface area contributed by atoms with E-state index >= 15 is 0 Å². The molecule has 0 saturated heterocycles. The average molecular weight is 239 g/mol. The summed E-state index contributed by atoms with van der Waals surface area (Å²) in [5.74, 6) is -0.496. The van der Waals surface area contributed by atoms with Crippen molar-refractivity contribution in [1.82, 2.24) is 15.2 Å². The predicted octanol–water partition coefficient (Wildman–Crippen LogP) is 1.60. The van der Waals surface area contributed by atoms with E-state index < -0.39 is 5.97 Å². The van der Waals surface area contributed by atoms with Crippen LogP contribution in [0.2, 0.25) is 0 Å². The Morgan fingerprint density at radius 1 is 1.38 bits per heavy atom. The Morgan fingerprint density at radius 3 is 2.69 bits per heavy atom. The molecule has 0 radical (unpaired) electrons. The summed E-state index contributed by atoms with van der Waals surface area (Å²) in [6.45, 7) is 3.74. The molecule has 7 heteroatoms. The van der Waals surface area contributed by atoms with Crippen LogP contribution < -0.4 is 0 Å². The SMILES string of the molecule is COC(=O)c1nnc(-c2sc(C)nc2C)o1. The molecule has 16 heavy (non-hydrogen) atoms.